The molecule has 0 saturated carbocycles. The number of nitrogens with one attached hydrogen (secondary N) is 1. The van der Waals surface area contributed by atoms with Gasteiger partial charge in [-0.05, 0) is 35.9 Å². The lowest BCUT2D eigenvalue weighted by Gasteiger charge is -2.10. The Morgan fingerprint density at radius 1 is 1.30 bits per heavy atom. The predicted octanol–water partition coefficient (Wildman–Crippen LogP) is 2.37. The van der Waals surface area contributed by atoms with Crippen molar-refractivity contribution in [1.29, 1.82) is 0 Å². The molecule has 5 heteroatoms. The fourth-order valence-corrected chi connectivity index (χ4v) is 1.83. The van der Waals surface area contributed by atoms with E-state index < -0.39 is 5.97 Å². The molecule has 4 N–H and O–H groups in total. The molecule has 2 rings (SSSR count). The van der Waals surface area contributed by atoms with E-state index >= 15 is 0 Å². The van der Waals surface area contributed by atoms with E-state index in [1.807, 2.05) is 24.3 Å². The zero-order chi connectivity index (χ0) is 14.5. The van der Waals surface area contributed by atoms with Crippen molar-refractivity contribution < 1.29 is 14.6 Å². The first-order valence-electron chi connectivity index (χ1n) is 6.10. The first kappa shape index (κ1) is 13.7. The largest absolute Gasteiger partial charge is 0.506 e. The molecule has 0 aliphatic carbocycles. The summed E-state index contributed by atoms with van der Waals surface area (Å²) in [7, 11) is 1.30. The number of esters is 1. The Bertz CT molecular complexity index is 626. The van der Waals surface area contributed by atoms with Crippen molar-refractivity contribution in [2.24, 2.45) is 0 Å². The van der Waals surface area contributed by atoms with Crippen LogP contribution in [0.4, 0.5) is 11.4 Å². The quantitative estimate of drug-likeness (QED) is 0.452. The number of anilines is 2. The van der Waals surface area contributed by atoms with Gasteiger partial charge in [0.1, 0.15) is 5.75 Å². The summed E-state index contributed by atoms with van der Waals surface area (Å²) >= 11 is 0. The van der Waals surface area contributed by atoms with Crippen LogP contribution in [0.2, 0.25) is 0 Å². The number of nitrogens with two attached hydrogens (primary N) is 1. The van der Waals surface area contributed by atoms with Gasteiger partial charge in [-0.25, -0.2) is 4.79 Å². The van der Waals surface area contributed by atoms with Crippen LogP contribution in [-0.2, 0) is 11.3 Å². The van der Waals surface area contributed by atoms with Gasteiger partial charge in [0, 0.05) is 12.2 Å². The number of hydrogen-bond acceptors (Lipinski definition) is 5. The average molecular weight is 272 g/mol. The Labute approximate surface area is 117 Å². The number of carbonyl (C=O) groups is 1. The monoisotopic (exact) mass is 272 g/mol. The minimum absolute atomic E-state index is 0.00296. The summed E-state index contributed by atoms with van der Waals surface area (Å²) in [5.41, 5.74) is 8.23. The summed E-state index contributed by atoms with van der Waals surface area (Å²) < 4.78 is 4.59. The van der Waals surface area contributed by atoms with Crippen molar-refractivity contribution >= 4 is 17.3 Å². The zero-order valence-corrected chi connectivity index (χ0v) is 11.1. The first-order valence-corrected chi connectivity index (χ1v) is 6.10. The summed E-state index contributed by atoms with van der Waals surface area (Å²) in [6, 6.07) is 12.1. The van der Waals surface area contributed by atoms with Gasteiger partial charge in [-0.3, -0.25) is 0 Å². The van der Waals surface area contributed by atoms with E-state index in [9.17, 15) is 9.90 Å². The van der Waals surface area contributed by atoms with Gasteiger partial charge in [-0.15, -0.1) is 0 Å². The Kier molecular flexibility index (Phi) is 4.10. The van der Waals surface area contributed by atoms with Crippen LogP contribution in [0.15, 0.2) is 42.5 Å². The zero-order valence-electron chi connectivity index (χ0n) is 11.1. The summed E-state index contributed by atoms with van der Waals surface area (Å²) in [6.07, 6.45) is 0. The van der Waals surface area contributed by atoms with E-state index in [0.717, 1.165) is 5.56 Å². The molecule has 0 atom stereocenters. The van der Waals surface area contributed by atoms with Crippen molar-refractivity contribution in [1.82, 2.24) is 0 Å². The number of carbonyl (C=O) groups excluding carboxylic acids is 1. The van der Waals surface area contributed by atoms with Gasteiger partial charge in [0.2, 0.25) is 0 Å². The molecule has 0 heterocycles. The molecule has 5 nitrogen and oxygen atoms in total. The van der Waals surface area contributed by atoms with Gasteiger partial charge in [0.15, 0.2) is 0 Å². The van der Waals surface area contributed by atoms with Crippen molar-refractivity contribution in [3.8, 4) is 5.75 Å². The third-order valence-electron chi connectivity index (χ3n) is 2.85. The van der Waals surface area contributed by atoms with Crippen LogP contribution in [0.5, 0.6) is 5.75 Å². The molecular formula is C15H16N2O3. The molecule has 0 unspecified atom stereocenters. The van der Waals surface area contributed by atoms with Crippen molar-refractivity contribution in [3.05, 3.63) is 53.6 Å². The van der Waals surface area contributed by atoms with Crippen molar-refractivity contribution in [3.63, 3.8) is 0 Å². The van der Waals surface area contributed by atoms with Crippen molar-refractivity contribution in [2.75, 3.05) is 18.2 Å². The van der Waals surface area contributed by atoms with E-state index in [1.165, 1.54) is 13.2 Å². The smallest absolute Gasteiger partial charge is 0.337 e. The Morgan fingerprint density at radius 2 is 2.10 bits per heavy atom. The van der Waals surface area contributed by atoms with Crippen LogP contribution in [0.1, 0.15) is 15.9 Å². The molecule has 0 aromatic heterocycles. The third kappa shape index (κ3) is 3.20. The Morgan fingerprint density at radius 3 is 2.75 bits per heavy atom. The Balaban J connectivity index is 2.08. The van der Waals surface area contributed by atoms with E-state index in [2.05, 4.69) is 10.1 Å². The van der Waals surface area contributed by atoms with Crippen LogP contribution in [0.3, 0.4) is 0 Å². The molecule has 0 amide bonds. The second-order valence-electron chi connectivity index (χ2n) is 4.32. The van der Waals surface area contributed by atoms with E-state index in [0.29, 0.717) is 23.5 Å². The molecule has 2 aromatic carbocycles. The average Bonchev–Trinajstić information content (AvgIpc) is 2.45. The molecule has 0 radical (unpaired) electrons. The third-order valence-corrected chi connectivity index (χ3v) is 2.85. The molecule has 0 aliphatic heterocycles. The van der Waals surface area contributed by atoms with Crippen LogP contribution < -0.4 is 11.1 Å². The lowest BCUT2D eigenvalue weighted by molar-refractivity contribution is 0.0600. The fourth-order valence-electron chi connectivity index (χ4n) is 1.83. The number of phenols is 1. The molecule has 0 aliphatic rings. The molecule has 0 saturated heterocycles. The highest BCUT2D eigenvalue weighted by atomic mass is 16.5. The maximum absolute atomic E-state index is 11.3. The number of aromatic hydroxyl groups is 1. The number of ether oxygens (including phenoxy) is 1. The highest BCUT2D eigenvalue weighted by molar-refractivity contribution is 5.90. The Hall–Kier alpha value is -2.69. The number of hydrogen-bond donors (Lipinski definition) is 3. The van der Waals surface area contributed by atoms with E-state index in [1.54, 1.807) is 12.1 Å². The SMILES string of the molecule is COC(=O)c1ccc(NCc2cccc(N)c2)c(O)c1. The molecule has 0 fully saturated rings. The van der Waals surface area contributed by atoms with Gasteiger partial charge in [-0.2, -0.15) is 0 Å². The van der Waals surface area contributed by atoms with Gasteiger partial charge >= 0.3 is 5.97 Å². The number of phenolic OH excluding ortho intramolecular Hbond substituents is 1. The van der Waals surface area contributed by atoms with Crippen LogP contribution >= 0.6 is 0 Å². The minimum atomic E-state index is -0.484. The summed E-state index contributed by atoms with van der Waals surface area (Å²) in [5, 5.41) is 13.0. The van der Waals surface area contributed by atoms with Crippen LogP contribution in [0, 0.1) is 0 Å². The maximum Gasteiger partial charge on any atom is 0.337 e. The van der Waals surface area contributed by atoms with Gasteiger partial charge in [0.25, 0.3) is 0 Å². The number of nitrogen functional groups attached to an aromatic ring is 1. The topological polar surface area (TPSA) is 84.6 Å². The van der Waals surface area contributed by atoms with Gasteiger partial charge in [-0.1, -0.05) is 12.1 Å². The normalized spacial score (nSPS) is 10.1. The molecular weight excluding hydrogens is 256 g/mol. The molecule has 20 heavy (non-hydrogen) atoms. The number of methoxy groups -OCH3 is 1. The lowest BCUT2D eigenvalue weighted by atomic mass is 10.1. The van der Waals surface area contributed by atoms with Gasteiger partial charge in [0.05, 0.1) is 18.4 Å². The van der Waals surface area contributed by atoms with Crippen LogP contribution in [-0.4, -0.2) is 18.2 Å². The number of rotatable bonds is 4. The highest BCUT2D eigenvalue weighted by Crippen LogP contribution is 2.25. The molecule has 2 aromatic rings. The van der Waals surface area contributed by atoms with Crippen molar-refractivity contribution in [2.45, 2.75) is 6.54 Å². The van der Waals surface area contributed by atoms with Gasteiger partial charge < -0.3 is 20.9 Å². The minimum Gasteiger partial charge on any atom is -0.506 e. The van der Waals surface area contributed by atoms with E-state index in [-0.39, 0.29) is 5.75 Å². The molecule has 104 valence electrons. The lowest BCUT2D eigenvalue weighted by Crippen LogP contribution is -2.03. The predicted molar refractivity (Wildman–Crippen MR) is 77.6 cm³/mol. The summed E-state index contributed by atoms with van der Waals surface area (Å²) in [5.74, 6) is -0.487. The second-order valence-corrected chi connectivity index (χ2v) is 4.32. The second kappa shape index (κ2) is 5.97. The highest BCUT2D eigenvalue weighted by Gasteiger charge is 2.09. The summed E-state index contributed by atoms with van der Waals surface area (Å²) in [6.45, 7) is 0.524. The van der Waals surface area contributed by atoms with Crippen LogP contribution in [0.25, 0.3) is 0 Å². The standard InChI is InChI=1S/C15H16N2O3/c1-20-15(19)11-5-6-13(14(18)8-11)17-9-10-3-2-4-12(16)7-10/h2-8,17-18H,9,16H2,1H3. The van der Waals surface area contributed by atoms with E-state index in [4.69, 9.17) is 5.73 Å². The molecule has 0 bridgehead atoms. The fraction of sp³-hybridized carbons (Fsp3) is 0.133. The first-order chi connectivity index (χ1) is 9.60. The molecule has 0 spiro atoms. The number of benzene rings is 2. The maximum atomic E-state index is 11.3. The summed E-state index contributed by atoms with van der Waals surface area (Å²) in [4.78, 5) is 11.3.